The minimum absolute atomic E-state index is 0.399. The minimum Gasteiger partial charge on any atom is -0.0654 e. The average Bonchev–Trinajstić information content (AvgIpc) is 2.18. The molecule has 0 saturated carbocycles. The Morgan fingerprint density at radius 3 is 2.40 bits per heavy atom. The third-order valence-corrected chi connectivity index (χ3v) is 2.72. The molecule has 0 amide bonds. The van der Waals surface area contributed by atoms with Crippen molar-refractivity contribution in [1.82, 2.24) is 0 Å². The van der Waals surface area contributed by atoms with Crippen LogP contribution in [-0.2, 0) is 6.42 Å². The first kappa shape index (κ1) is 12.3. The SMILES string of the molecule is CCC[CH]CC(C)(C)Cc1ccccc1. The van der Waals surface area contributed by atoms with E-state index in [-0.39, 0.29) is 0 Å². The maximum atomic E-state index is 2.43. The van der Waals surface area contributed by atoms with Gasteiger partial charge in [0, 0.05) is 0 Å². The summed E-state index contributed by atoms with van der Waals surface area (Å²) >= 11 is 0. The van der Waals surface area contributed by atoms with E-state index in [0.717, 1.165) is 0 Å². The summed E-state index contributed by atoms with van der Waals surface area (Å²) < 4.78 is 0. The first-order chi connectivity index (χ1) is 7.14. The minimum atomic E-state index is 0.399. The molecule has 1 rings (SSSR count). The van der Waals surface area contributed by atoms with Gasteiger partial charge in [0.05, 0.1) is 0 Å². The molecule has 0 fully saturated rings. The second-order valence-electron chi connectivity index (χ2n) is 5.11. The van der Waals surface area contributed by atoms with E-state index < -0.39 is 0 Å². The van der Waals surface area contributed by atoms with Gasteiger partial charge in [0.25, 0.3) is 0 Å². The van der Waals surface area contributed by atoms with Gasteiger partial charge in [-0.25, -0.2) is 0 Å². The van der Waals surface area contributed by atoms with E-state index in [1.54, 1.807) is 0 Å². The van der Waals surface area contributed by atoms with Crippen LogP contribution in [0.15, 0.2) is 30.3 Å². The van der Waals surface area contributed by atoms with E-state index >= 15 is 0 Å². The van der Waals surface area contributed by atoms with Gasteiger partial charge in [0.1, 0.15) is 0 Å². The molecule has 0 aliphatic carbocycles. The Balaban J connectivity index is 2.42. The zero-order valence-corrected chi connectivity index (χ0v) is 10.3. The van der Waals surface area contributed by atoms with Crippen LogP contribution in [0.5, 0.6) is 0 Å². The monoisotopic (exact) mass is 203 g/mol. The molecule has 15 heavy (non-hydrogen) atoms. The van der Waals surface area contributed by atoms with Crippen LogP contribution >= 0.6 is 0 Å². The number of rotatable bonds is 6. The maximum absolute atomic E-state index is 2.43. The normalized spacial score (nSPS) is 11.7. The molecule has 0 heteroatoms. The Bertz CT molecular complexity index is 259. The fraction of sp³-hybridized carbons (Fsp3) is 0.533. The highest BCUT2D eigenvalue weighted by molar-refractivity contribution is 5.16. The van der Waals surface area contributed by atoms with Gasteiger partial charge in [-0.1, -0.05) is 63.9 Å². The van der Waals surface area contributed by atoms with Gasteiger partial charge in [0.15, 0.2) is 0 Å². The summed E-state index contributed by atoms with van der Waals surface area (Å²) in [6.45, 7) is 6.94. The zero-order valence-electron chi connectivity index (χ0n) is 10.3. The maximum Gasteiger partial charge on any atom is -0.0227 e. The molecule has 0 aliphatic rings. The van der Waals surface area contributed by atoms with Gasteiger partial charge in [-0.3, -0.25) is 0 Å². The van der Waals surface area contributed by atoms with Gasteiger partial charge in [-0.15, -0.1) is 0 Å². The molecule has 0 unspecified atom stereocenters. The Labute approximate surface area is 94.7 Å². The molecule has 1 radical (unpaired) electrons. The van der Waals surface area contributed by atoms with Gasteiger partial charge in [-0.2, -0.15) is 0 Å². The topological polar surface area (TPSA) is 0 Å². The van der Waals surface area contributed by atoms with Crippen molar-refractivity contribution in [2.75, 3.05) is 0 Å². The molecule has 0 N–H and O–H groups in total. The van der Waals surface area contributed by atoms with Crippen LogP contribution in [0.1, 0.15) is 45.6 Å². The summed E-state index contributed by atoms with van der Waals surface area (Å²) in [6, 6.07) is 10.8. The van der Waals surface area contributed by atoms with E-state index in [2.05, 4.69) is 57.5 Å². The summed E-state index contributed by atoms with van der Waals surface area (Å²) in [5.74, 6) is 0. The molecule has 83 valence electrons. The van der Waals surface area contributed by atoms with Crippen LogP contribution < -0.4 is 0 Å². The third kappa shape index (κ3) is 5.01. The highest BCUT2D eigenvalue weighted by Crippen LogP contribution is 2.27. The molecular weight excluding hydrogens is 180 g/mol. The quantitative estimate of drug-likeness (QED) is 0.590. The zero-order chi connectivity index (χ0) is 11.1. The van der Waals surface area contributed by atoms with E-state index in [4.69, 9.17) is 0 Å². The summed E-state index contributed by atoms with van der Waals surface area (Å²) in [6.07, 6.45) is 7.34. The van der Waals surface area contributed by atoms with Crippen LogP contribution in [0.3, 0.4) is 0 Å². The number of unbranched alkanes of at least 4 members (excludes halogenated alkanes) is 2. The van der Waals surface area contributed by atoms with Crippen LogP contribution in [-0.4, -0.2) is 0 Å². The van der Waals surface area contributed by atoms with Gasteiger partial charge in [0.2, 0.25) is 0 Å². The standard InChI is InChI=1S/C15H23/c1-4-5-9-12-15(2,3)13-14-10-7-6-8-11-14/h6-11H,4-5,12-13H2,1-3H3. The predicted octanol–water partition coefficient (Wildman–Crippen LogP) is 4.65. The highest BCUT2D eigenvalue weighted by Gasteiger charge is 2.17. The smallest absolute Gasteiger partial charge is 0.0227 e. The molecule has 0 aliphatic heterocycles. The Hall–Kier alpha value is -0.780. The van der Waals surface area contributed by atoms with Crippen molar-refractivity contribution in [3.63, 3.8) is 0 Å². The van der Waals surface area contributed by atoms with Gasteiger partial charge in [-0.05, 0) is 30.2 Å². The predicted molar refractivity (Wildman–Crippen MR) is 67.8 cm³/mol. The second kappa shape index (κ2) is 5.95. The van der Waals surface area contributed by atoms with E-state index in [1.165, 1.54) is 31.2 Å². The largest absolute Gasteiger partial charge is 0.0654 e. The Kier molecular flexibility index (Phi) is 4.87. The molecule has 1 aromatic carbocycles. The molecule has 0 spiro atoms. The van der Waals surface area contributed by atoms with Crippen LogP contribution in [0, 0.1) is 11.8 Å². The molecular formula is C15H23. The number of hydrogen-bond acceptors (Lipinski definition) is 0. The number of hydrogen-bond donors (Lipinski definition) is 0. The lowest BCUT2D eigenvalue weighted by Gasteiger charge is -2.24. The third-order valence-electron chi connectivity index (χ3n) is 2.72. The van der Waals surface area contributed by atoms with Crippen molar-refractivity contribution in [3.8, 4) is 0 Å². The van der Waals surface area contributed by atoms with Crippen molar-refractivity contribution in [2.24, 2.45) is 5.41 Å². The lowest BCUT2D eigenvalue weighted by Crippen LogP contribution is -2.15. The molecule has 0 heterocycles. The van der Waals surface area contributed by atoms with E-state index in [0.29, 0.717) is 5.41 Å². The fourth-order valence-electron chi connectivity index (χ4n) is 1.92. The van der Waals surface area contributed by atoms with Crippen molar-refractivity contribution in [2.45, 2.75) is 46.5 Å². The molecule has 1 aromatic rings. The fourth-order valence-corrected chi connectivity index (χ4v) is 1.92. The summed E-state index contributed by atoms with van der Waals surface area (Å²) in [4.78, 5) is 0. The molecule has 0 atom stereocenters. The van der Waals surface area contributed by atoms with Crippen molar-refractivity contribution >= 4 is 0 Å². The van der Waals surface area contributed by atoms with Gasteiger partial charge >= 0.3 is 0 Å². The Morgan fingerprint density at radius 2 is 1.80 bits per heavy atom. The van der Waals surface area contributed by atoms with Crippen molar-refractivity contribution in [1.29, 1.82) is 0 Å². The average molecular weight is 203 g/mol. The van der Waals surface area contributed by atoms with Crippen molar-refractivity contribution in [3.05, 3.63) is 42.3 Å². The second-order valence-corrected chi connectivity index (χ2v) is 5.11. The molecule has 0 aromatic heterocycles. The lowest BCUT2D eigenvalue weighted by atomic mass is 9.81. The van der Waals surface area contributed by atoms with Crippen LogP contribution in [0.25, 0.3) is 0 Å². The molecule has 0 saturated heterocycles. The van der Waals surface area contributed by atoms with Crippen molar-refractivity contribution < 1.29 is 0 Å². The Morgan fingerprint density at radius 1 is 1.13 bits per heavy atom. The summed E-state index contributed by atoms with van der Waals surface area (Å²) in [5, 5.41) is 0. The first-order valence-corrected chi connectivity index (χ1v) is 5.99. The summed E-state index contributed by atoms with van der Waals surface area (Å²) in [5.41, 5.74) is 1.85. The lowest BCUT2D eigenvalue weighted by molar-refractivity contribution is 0.352. The number of benzene rings is 1. The van der Waals surface area contributed by atoms with E-state index in [1.807, 2.05) is 0 Å². The molecule has 0 bridgehead atoms. The van der Waals surface area contributed by atoms with E-state index in [9.17, 15) is 0 Å². The summed E-state index contributed by atoms with van der Waals surface area (Å²) in [7, 11) is 0. The van der Waals surface area contributed by atoms with Gasteiger partial charge < -0.3 is 0 Å². The highest BCUT2D eigenvalue weighted by atomic mass is 14.2. The first-order valence-electron chi connectivity index (χ1n) is 5.99. The van der Waals surface area contributed by atoms with Crippen LogP contribution in [0.2, 0.25) is 0 Å². The molecule has 0 nitrogen and oxygen atoms in total. The van der Waals surface area contributed by atoms with Crippen LogP contribution in [0.4, 0.5) is 0 Å².